The van der Waals surface area contributed by atoms with Crippen LogP contribution in [0.2, 0.25) is 0 Å². The van der Waals surface area contributed by atoms with Crippen LogP contribution in [-0.2, 0) is 44.8 Å². The SMILES string of the molecule is CC(C)C(NC(=O)CCCCCN1C(=O)C=CC1=O)C(=O)N[C@H](CCCNC(N)=O)C(=O)Nc1ccc(COC(=O)NCCOCCOCCC(C)(C)C)cc1. The summed E-state index contributed by atoms with van der Waals surface area (Å²) in [6.07, 6.45) is 5.05. The van der Waals surface area contributed by atoms with Gasteiger partial charge in [-0.05, 0) is 61.1 Å². The second-order valence-electron chi connectivity index (χ2n) is 15.0. The molecule has 56 heavy (non-hydrogen) atoms. The van der Waals surface area contributed by atoms with Crippen LogP contribution in [0.1, 0.15) is 85.1 Å². The summed E-state index contributed by atoms with van der Waals surface area (Å²) in [5.74, 6) is -2.42. The van der Waals surface area contributed by atoms with Gasteiger partial charge in [0.1, 0.15) is 18.7 Å². The van der Waals surface area contributed by atoms with Crippen LogP contribution in [0.5, 0.6) is 0 Å². The van der Waals surface area contributed by atoms with E-state index < -0.39 is 36.0 Å². The molecule has 0 spiro atoms. The molecule has 0 radical (unpaired) electrons. The van der Waals surface area contributed by atoms with E-state index in [1.54, 1.807) is 38.1 Å². The maximum absolute atomic E-state index is 13.4. The van der Waals surface area contributed by atoms with Crippen LogP contribution < -0.4 is 32.3 Å². The zero-order chi connectivity index (χ0) is 41.5. The Hall–Kier alpha value is -5.03. The van der Waals surface area contributed by atoms with E-state index in [1.165, 1.54) is 12.2 Å². The number of nitrogens with one attached hydrogen (secondary N) is 5. The summed E-state index contributed by atoms with van der Waals surface area (Å²) >= 11 is 0. The van der Waals surface area contributed by atoms with E-state index >= 15 is 0 Å². The van der Waals surface area contributed by atoms with Gasteiger partial charge in [0.25, 0.3) is 11.8 Å². The Bertz CT molecular complexity index is 1460. The van der Waals surface area contributed by atoms with E-state index in [1.807, 2.05) is 0 Å². The number of hydrogen-bond donors (Lipinski definition) is 6. The van der Waals surface area contributed by atoms with E-state index in [2.05, 4.69) is 47.4 Å². The predicted molar refractivity (Wildman–Crippen MR) is 209 cm³/mol. The molecule has 1 aromatic rings. The Balaban J connectivity index is 1.82. The quantitative estimate of drug-likeness (QED) is 0.0593. The Morgan fingerprint density at radius 1 is 0.786 bits per heavy atom. The fraction of sp³-hybridized carbons (Fsp3) is 0.615. The van der Waals surface area contributed by atoms with Crippen molar-refractivity contribution in [3.05, 3.63) is 42.0 Å². The highest BCUT2D eigenvalue weighted by Gasteiger charge is 2.29. The first-order chi connectivity index (χ1) is 26.6. The van der Waals surface area contributed by atoms with Crippen molar-refractivity contribution < 1.29 is 47.8 Å². The number of rotatable bonds is 26. The molecule has 0 saturated carbocycles. The summed E-state index contributed by atoms with van der Waals surface area (Å²) < 4.78 is 16.3. The van der Waals surface area contributed by atoms with Crippen LogP contribution in [0, 0.1) is 11.3 Å². The second-order valence-corrected chi connectivity index (χ2v) is 15.0. The summed E-state index contributed by atoms with van der Waals surface area (Å²) in [6.45, 7) is 12.6. The minimum atomic E-state index is -1.02. The number of anilines is 1. The lowest BCUT2D eigenvalue weighted by atomic mass is 9.93. The van der Waals surface area contributed by atoms with Crippen molar-refractivity contribution in [2.75, 3.05) is 51.4 Å². The van der Waals surface area contributed by atoms with Crippen LogP contribution in [0.3, 0.4) is 0 Å². The highest BCUT2D eigenvalue weighted by molar-refractivity contribution is 6.12. The molecule has 1 aromatic carbocycles. The van der Waals surface area contributed by atoms with Gasteiger partial charge in [0.15, 0.2) is 0 Å². The van der Waals surface area contributed by atoms with Crippen LogP contribution in [0.4, 0.5) is 15.3 Å². The highest BCUT2D eigenvalue weighted by atomic mass is 16.5. The topological polar surface area (TPSA) is 237 Å². The Labute approximate surface area is 329 Å². The zero-order valence-corrected chi connectivity index (χ0v) is 33.4. The molecule has 0 fully saturated rings. The lowest BCUT2D eigenvalue weighted by molar-refractivity contribution is -0.137. The molecule has 2 rings (SSSR count). The van der Waals surface area contributed by atoms with Gasteiger partial charge in [-0.3, -0.25) is 28.9 Å². The highest BCUT2D eigenvalue weighted by Crippen LogP contribution is 2.18. The average Bonchev–Trinajstić information content (AvgIpc) is 3.45. The van der Waals surface area contributed by atoms with E-state index in [0.717, 1.165) is 11.3 Å². The van der Waals surface area contributed by atoms with Gasteiger partial charge >= 0.3 is 12.1 Å². The van der Waals surface area contributed by atoms with Crippen LogP contribution in [-0.4, -0.2) is 105 Å². The van der Waals surface area contributed by atoms with E-state index in [0.29, 0.717) is 63.4 Å². The van der Waals surface area contributed by atoms with Crippen molar-refractivity contribution in [2.45, 2.75) is 98.3 Å². The van der Waals surface area contributed by atoms with Crippen molar-refractivity contribution in [3.63, 3.8) is 0 Å². The van der Waals surface area contributed by atoms with Gasteiger partial charge in [0, 0.05) is 50.5 Å². The molecular weight excluding hydrogens is 726 g/mol. The first-order valence-corrected chi connectivity index (χ1v) is 19.2. The smallest absolute Gasteiger partial charge is 0.407 e. The van der Waals surface area contributed by atoms with Gasteiger partial charge in [0.2, 0.25) is 17.7 Å². The van der Waals surface area contributed by atoms with E-state index in [-0.39, 0.29) is 68.1 Å². The normalized spacial score (nSPS) is 13.6. The molecule has 17 nitrogen and oxygen atoms in total. The lowest BCUT2D eigenvalue weighted by Crippen LogP contribution is -2.54. The van der Waals surface area contributed by atoms with E-state index in [9.17, 15) is 33.6 Å². The molecular formula is C39H61N7O10. The van der Waals surface area contributed by atoms with Gasteiger partial charge in [-0.25, -0.2) is 9.59 Å². The summed E-state index contributed by atoms with van der Waals surface area (Å²) in [5.41, 5.74) is 6.48. The molecule has 0 aliphatic carbocycles. The number of imide groups is 1. The number of nitrogens with zero attached hydrogens (tertiary/aromatic N) is 1. The Morgan fingerprint density at radius 3 is 2.07 bits per heavy atom. The summed E-state index contributed by atoms with van der Waals surface area (Å²) in [6, 6.07) is 3.97. The van der Waals surface area contributed by atoms with Crippen molar-refractivity contribution in [3.8, 4) is 0 Å². The number of carbonyl (C=O) groups is 7. The molecule has 1 heterocycles. The number of benzene rings is 1. The van der Waals surface area contributed by atoms with Gasteiger partial charge in [0.05, 0.1) is 19.8 Å². The van der Waals surface area contributed by atoms with Crippen molar-refractivity contribution in [1.82, 2.24) is 26.2 Å². The van der Waals surface area contributed by atoms with Gasteiger partial charge in [-0.2, -0.15) is 0 Å². The van der Waals surface area contributed by atoms with Crippen molar-refractivity contribution in [2.24, 2.45) is 17.1 Å². The largest absolute Gasteiger partial charge is 0.445 e. The first-order valence-electron chi connectivity index (χ1n) is 19.2. The summed E-state index contributed by atoms with van der Waals surface area (Å²) in [7, 11) is 0. The molecule has 1 aliphatic rings. The lowest BCUT2D eigenvalue weighted by Gasteiger charge is -2.25. The molecule has 7 N–H and O–H groups in total. The third-order valence-electron chi connectivity index (χ3n) is 8.53. The first kappa shape index (κ1) is 47.1. The molecule has 1 unspecified atom stereocenters. The Kier molecular flexibility index (Phi) is 21.2. The molecule has 312 valence electrons. The number of primary amides is 1. The fourth-order valence-corrected chi connectivity index (χ4v) is 5.25. The molecule has 0 saturated heterocycles. The molecule has 1 aliphatic heterocycles. The van der Waals surface area contributed by atoms with Gasteiger partial charge in [-0.15, -0.1) is 0 Å². The summed E-state index contributed by atoms with van der Waals surface area (Å²) in [5, 5.41) is 13.4. The average molecular weight is 788 g/mol. The monoisotopic (exact) mass is 787 g/mol. The predicted octanol–water partition coefficient (Wildman–Crippen LogP) is 2.88. The fourth-order valence-electron chi connectivity index (χ4n) is 5.25. The summed E-state index contributed by atoms with van der Waals surface area (Å²) in [4.78, 5) is 87.4. The maximum atomic E-state index is 13.4. The standard InChI is InChI=1S/C39H61N7O10/c1-27(2)34(45-31(47)11-7-6-8-21-46-32(48)16-17-33(46)49)36(51)44-30(10-9-19-41-37(40)52)35(50)43-29-14-12-28(13-15-29)26-56-38(53)42-20-23-55-25-24-54-22-18-39(3,4)5/h12-17,27,30,34H,6-11,18-26H2,1-5H3,(H,42,53)(H,43,50)(H,44,51)(H,45,47)(H3,40,41,52)/t30-,34?/m1/s1. The number of amides is 8. The number of nitrogens with two attached hydrogens (primary N) is 1. The zero-order valence-electron chi connectivity index (χ0n) is 33.4. The minimum Gasteiger partial charge on any atom is -0.445 e. The van der Waals surface area contributed by atoms with Crippen LogP contribution >= 0.6 is 0 Å². The second kappa shape index (κ2) is 25.2. The Morgan fingerprint density at radius 2 is 1.45 bits per heavy atom. The van der Waals surface area contributed by atoms with Gasteiger partial charge < -0.3 is 46.5 Å². The number of hydrogen-bond acceptors (Lipinski definition) is 10. The number of unbranched alkanes of at least 4 members (excludes halogenated alkanes) is 2. The number of ether oxygens (including phenoxy) is 3. The molecule has 0 aromatic heterocycles. The van der Waals surface area contributed by atoms with Crippen molar-refractivity contribution >= 4 is 47.3 Å². The third-order valence-corrected chi connectivity index (χ3v) is 8.53. The van der Waals surface area contributed by atoms with Crippen LogP contribution in [0.15, 0.2) is 36.4 Å². The van der Waals surface area contributed by atoms with E-state index in [4.69, 9.17) is 19.9 Å². The molecule has 8 amide bonds. The van der Waals surface area contributed by atoms with Crippen LogP contribution in [0.25, 0.3) is 0 Å². The number of urea groups is 1. The van der Waals surface area contributed by atoms with Crippen molar-refractivity contribution in [1.29, 1.82) is 0 Å². The van der Waals surface area contributed by atoms with Gasteiger partial charge in [-0.1, -0.05) is 53.2 Å². The minimum absolute atomic E-state index is 0.00523. The molecule has 2 atom stereocenters. The maximum Gasteiger partial charge on any atom is 0.407 e. The third kappa shape index (κ3) is 20.0. The number of carbonyl (C=O) groups excluding carboxylic acids is 7. The number of alkyl carbamates (subject to hydrolysis) is 1. The molecule has 17 heteroatoms. The molecule has 0 bridgehead atoms.